The maximum atomic E-state index is 11.9. The highest BCUT2D eigenvalue weighted by molar-refractivity contribution is 5.74. The van der Waals surface area contributed by atoms with Gasteiger partial charge in [0.05, 0.1) is 12.9 Å². The standard InChI is InChI=1S/C15H18N2O3/c1-19-11-9-16-15(18)17-14(13-8-5-10-20-13)12-6-3-2-4-7-12/h2-8,10,14H,9,11H2,1H3,(H2,16,17,18). The molecule has 2 rings (SSSR count). The third-order valence-corrected chi connectivity index (χ3v) is 2.83. The average molecular weight is 274 g/mol. The molecule has 2 amide bonds. The van der Waals surface area contributed by atoms with Crippen molar-refractivity contribution in [1.82, 2.24) is 10.6 Å². The van der Waals surface area contributed by atoms with E-state index < -0.39 is 0 Å². The van der Waals surface area contributed by atoms with Gasteiger partial charge in [-0.15, -0.1) is 0 Å². The fourth-order valence-corrected chi connectivity index (χ4v) is 1.87. The van der Waals surface area contributed by atoms with Crippen molar-refractivity contribution in [2.45, 2.75) is 6.04 Å². The van der Waals surface area contributed by atoms with E-state index in [0.29, 0.717) is 18.9 Å². The lowest BCUT2D eigenvalue weighted by Gasteiger charge is -2.17. The summed E-state index contributed by atoms with van der Waals surface area (Å²) in [5.41, 5.74) is 0.962. The number of carbonyl (C=O) groups is 1. The number of rotatable bonds is 6. The molecular weight excluding hydrogens is 256 g/mol. The van der Waals surface area contributed by atoms with Crippen LogP contribution < -0.4 is 10.6 Å². The second-order valence-corrected chi connectivity index (χ2v) is 4.25. The number of furan rings is 1. The normalized spacial score (nSPS) is 11.8. The van der Waals surface area contributed by atoms with Gasteiger partial charge in [-0.25, -0.2) is 4.79 Å². The van der Waals surface area contributed by atoms with Crippen LogP contribution in [0.4, 0.5) is 4.79 Å². The van der Waals surface area contributed by atoms with E-state index in [2.05, 4.69) is 10.6 Å². The number of amides is 2. The number of nitrogens with one attached hydrogen (secondary N) is 2. The molecular formula is C15H18N2O3. The first-order chi connectivity index (χ1) is 9.81. The molecule has 1 heterocycles. The lowest BCUT2D eigenvalue weighted by atomic mass is 10.1. The molecule has 1 aromatic carbocycles. The molecule has 5 nitrogen and oxygen atoms in total. The van der Waals surface area contributed by atoms with Gasteiger partial charge in [0.15, 0.2) is 0 Å². The molecule has 1 aromatic heterocycles. The molecule has 0 saturated heterocycles. The van der Waals surface area contributed by atoms with Gasteiger partial charge in [-0.1, -0.05) is 30.3 Å². The van der Waals surface area contributed by atoms with E-state index in [1.54, 1.807) is 19.4 Å². The van der Waals surface area contributed by atoms with Crippen LogP contribution in [0.25, 0.3) is 0 Å². The molecule has 1 atom stereocenters. The second kappa shape index (κ2) is 7.35. The van der Waals surface area contributed by atoms with Crippen LogP contribution in [0.2, 0.25) is 0 Å². The summed E-state index contributed by atoms with van der Waals surface area (Å²) in [6.07, 6.45) is 1.59. The second-order valence-electron chi connectivity index (χ2n) is 4.25. The van der Waals surface area contributed by atoms with Crippen molar-refractivity contribution in [2.24, 2.45) is 0 Å². The Kier molecular flexibility index (Phi) is 5.20. The summed E-state index contributed by atoms with van der Waals surface area (Å²) >= 11 is 0. The summed E-state index contributed by atoms with van der Waals surface area (Å²) in [6, 6.07) is 12.8. The van der Waals surface area contributed by atoms with Gasteiger partial charge < -0.3 is 19.8 Å². The quantitative estimate of drug-likeness (QED) is 0.795. The molecule has 0 fully saturated rings. The van der Waals surface area contributed by atoms with Gasteiger partial charge in [0.25, 0.3) is 0 Å². The minimum Gasteiger partial charge on any atom is -0.467 e. The molecule has 2 N–H and O–H groups in total. The smallest absolute Gasteiger partial charge is 0.315 e. The van der Waals surface area contributed by atoms with Crippen molar-refractivity contribution < 1.29 is 13.9 Å². The van der Waals surface area contributed by atoms with E-state index in [-0.39, 0.29) is 12.1 Å². The van der Waals surface area contributed by atoms with Crippen molar-refractivity contribution in [1.29, 1.82) is 0 Å². The van der Waals surface area contributed by atoms with Gasteiger partial charge in [-0.2, -0.15) is 0 Å². The van der Waals surface area contributed by atoms with Gasteiger partial charge in [-0.05, 0) is 17.7 Å². The first-order valence-electron chi connectivity index (χ1n) is 6.43. The number of ether oxygens (including phenoxy) is 1. The third-order valence-electron chi connectivity index (χ3n) is 2.83. The van der Waals surface area contributed by atoms with Crippen molar-refractivity contribution in [3.8, 4) is 0 Å². The Morgan fingerprint density at radius 2 is 2.05 bits per heavy atom. The molecule has 0 aliphatic rings. The van der Waals surface area contributed by atoms with Crippen molar-refractivity contribution in [3.05, 3.63) is 60.1 Å². The number of urea groups is 1. The average Bonchev–Trinajstić information content (AvgIpc) is 3.00. The zero-order valence-corrected chi connectivity index (χ0v) is 11.3. The molecule has 20 heavy (non-hydrogen) atoms. The van der Waals surface area contributed by atoms with Crippen LogP contribution in [0.15, 0.2) is 53.1 Å². The van der Waals surface area contributed by atoms with E-state index in [0.717, 1.165) is 5.56 Å². The van der Waals surface area contributed by atoms with Crippen LogP contribution in [-0.4, -0.2) is 26.3 Å². The Bertz CT molecular complexity index is 511. The molecule has 0 spiro atoms. The zero-order valence-electron chi connectivity index (χ0n) is 11.3. The Morgan fingerprint density at radius 1 is 1.25 bits per heavy atom. The van der Waals surface area contributed by atoms with E-state index in [1.165, 1.54) is 0 Å². The molecule has 106 valence electrons. The van der Waals surface area contributed by atoms with Crippen molar-refractivity contribution >= 4 is 6.03 Å². The van der Waals surface area contributed by atoms with Gasteiger partial charge in [0, 0.05) is 13.7 Å². The van der Waals surface area contributed by atoms with E-state index in [9.17, 15) is 4.79 Å². The van der Waals surface area contributed by atoms with Crippen LogP contribution in [0.3, 0.4) is 0 Å². The Labute approximate surface area is 117 Å². The summed E-state index contributed by atoms with van der Waals surface area (Å²) in [5.74, 6) is 0.693. The highest BCUT2D eigenvalue weighted by Gasteiger charge is 2.18. The molecule has 0 saturated carbocycles. The molecule has 5 heteroatoms. The lowest BCUT2D eigenvalue weighted by molar-refractivity contribution is 0.195. The fraction of sp³-hybridized carbons (Fsp3) is 0.267. The van der Waals surface area contributed by atoms with Crippen molar-refractivity contribution in [3.63, 3.8) is 0 Å². The van der Waals surface area contributed by atoms with Crippen LogP contribution in [0.5, 0.6) is 0 Å². The first-order valence-corrected chi connectivity index (χ1v) is 6.43. The molecule has 0 aliphatic carbocycles. The molecule has 0 aliphatic heterocycles. The minimum atomic E-state index is -0.311. The summed E-state index contributed by atoms with van der Waals surface area (Å²) in [4.78, 5) is 11.9. The predicted molar refractivity (Wildman–Crippen MR) is 75.4 cm³/mol. The number of hydrogen-bond acceptors (Lipinski definition) is 3. The Hall–Kier alpha value is -2.27. The SMILES string of the molecule is COCCNC(=O)NC(c1ccccc1)c1ccco1. The summed E-state index contributed by atoms with van der Waals surface area (Å²) in [7, 11) is 1.59. The summed E-state index contributed by atoms with van der Waals surface area (Å²) < 4.78 is 10.3. The maximum absolute atomic E-state index is 11.9. The van der Waals surface area contributed by atoms with Gasteiger partial charge >= 0.3 is 6.03 Å². The third kappa shape index (κ3) is 3.86. The number of hydrogen-bond donors (Lipinski definition) is 2. The molecule has 0 bridgehead atoms. The first kappa shape index (κ1) is 14.1. The van der Waals surface area contributed by atoms with Crippen LogP contribution in [0, 0.1) is 0 Å². The Balaban J connectivity index is 2.06. The van der Waals surface area contributed by atoms with E-state index in [4.69, 9.17) is 9.15 Å². The number of methoxy groups -OCH3 is 1. The number of benzene rings is 1. The van der Waals surface area contributed by atoms with Gasteiger partial charge in [0.1, 0.15) is 11.8 Å². The fourth-order valence-electron chi connectivity index (χ4n) is 1.87. The van der Waals surface area contributed by atoms with Crippen LogP contribution >= 0.6 is 0 Å². The Morgan fingerprint density at radius 3 is 2.70 bits per heavy atom. The minimum absolute atomic E-state index is 0.257. The highest BCUT2D eigenvalue weighted by atomic mass is 16.5. The van der Waals surface area contributed by atoms with Crippen LogP contribution in [-0.2, 0) is 4.74 Å². The predicted octanol–water partition coefficient (Wildman–Crippen LogP) is 2.31. The van der Waals surface area contributed by atoms with Gasteiger partial charge in [0.2, 0.25) is 0 Å². The summed E-state index contributed by atoms with van der Waals surface area (Å²) in [6.45, 7) is 0.937. The van der Waals surface area contributed by atoms with Crippen LogP contribution in [0.1, 0.15) is 17.4 Å². The summed E-state index contributed by atoms with van der Waals surface area (Å²) in [5, 5.41) is 5.62. The largest absolute Gasteiger partial charge is 0.467 e. The maximum Gasteiger partial charge on any atom is 0.315 e. The van der Waals surface area contributed by atoms with E-state index in [1.807, 2.05) is 36.4 Å². The van der Waals surface area contributed by atoms with E-state index >= 15 is 0 Å². The number of carbonyl (C=O) groups excluding carboxylic acids is 1. The monoisotopic (exact) mass is 274 g/mol. The highest BCUT2D eigenvalue weighted by Crippen LogP contribution is 2.21. The van der Waals surface area contributed by atoms with Crippen molar-refractivity contribution in [2.75, 3.05) is 20.3 Å². The molecule has 1 unspecified atom stereocenters. The molecule has 2 aromatic rings. The molecule has 0 radical (unpaired) electrons. The topological polar surface area (TPSA) is 63.5 Å². The lowest BCUT2D eigenvalue weighted by Crippen LogP contribution is -2.39. The zero-order chi connectivity index (χ0) is 14.2. The van der Waals surface area contributed by atoms with Gasteiger partial charge in [-0.3, -0.25) is 0 Å².